The van der Waals surface area contributed by atoms with Gasteiger partial charge in [-0.15, -0.1) is 35.3 Å². The Kier molecular flexibility index (Phi) is 7.10. The van der Waals surface area contributed by atoms with Crippen molar-refractivity contribution in [1.82, 2.24) is 15.2 Å². The summed E-state index contributed by atoms with van der Waals surface area (Å²) in [5.74, 6) is 2.04. The van der Waals surface area contributed by atoms with Crippen molar-refractivity contribution >= 4 is 47.1 Å². The van der Waals surface area contributed by atoms with Gasteiger partial charge in [-0.1, -0.05) is 12.1 Å². The van der Waals surface area contributed by atoms with Gasteiger partial charge in [0, 0.05) is 44.3 Å². The number of aliphatic imine (C=N–C) groups is 1. The van der Waals surface area contributed by atoms with Gasteiger partial charge in [0.25, 0.3) is 0 Å². The Balaban J connectivity index is 0.00000192. The fraction of sp³-hybridized carbons (Fsp3) is 0.375. The van der Waals surface area contributed by atoms with E-state index in [0.717, 1.165) is 44.5 Å². The zero-order chi connectivity index (χ0) is 15.2. The smallest absolute Gasteiger partial charge is 0.194 e. The van der Waals surface area contributed by atoms with Gasteiger partial charge in [0.1, 0.15) is 5.82 Å². The number of piperazine rings is 1. The third-order valence-corrected chi connectivity index (χ3v) is 4.64. The topological polar surface area (TPSA) is 43.8 Å². The molecule has 0 bridgehead atoms. The molecule has 1 saturated heterocycles. The first-order chi connectivity index (χ1) is 10.9. The van der Waals surface area contributed by atoms with Crippen molar-refractivity contribution in [2.24, 2.45) is 4.99 Å². The zero-order valence-electron chi connectivity index (χ0n) is 13.2. The van der Waals surface area contributed by atoms with Gasteiger partial charge in [-0.2, -0.15) is 0 Å². The van der Waals surface area contributed by atoms with E-state index in [-0.39, 0.29) is 24.0 Å². The van der Waals surface area contributed by atoms with Crippen LogP contribution in [0.1, 0.15) is 4.88 Å². The first-order valence-electron chi connectivity index (χ1n) is 7.51. The molecule has 0 aromatic carbocycles. The molecule has 1 aliphatic heterocycles. The van der Waals surface area contributed by atoms with Crippen molar-refractivity contribution in [3.05, 3.63) is 46.8 Å². The number of anilines is 1. The van der Waals surface area contributed by atoms with Crippen molar-refractivity contribution < 1.29 is 0 Å². The number of nitrogens with zero attached hydrogens (tertiary/aromatic N) is 4. The van der Waals surface area contributed by atoms with Gasteiger partial charge in [0.15, 0.2) is 5.96 Å². The van der Waals surface area contributed by atoms with E-state index in [1.807, 2.05) is 25.4 Å². The first kappa shape index (κ1) is 18.0. The van der Waals surface area contributed by atoms with Crippen LogP contribution in [-0.4, -0.2) is 49.1 Å². The maximum absolute atomic E-state index is 4.43. The Morgan fingerprint density at radius 3 is 2.65 bits per heavy atom. The van der Waals surface area contributed by atoms with Crippen LogP contribution >= 0.6 is 35.3 Å². The highest BCUT2D eigenvalue weighted by molar-refractivity contribution is 14.0. The van der Waals surface area contributed by atoms with E-state index in [9.17, 15) is 0 Å². The fourth-order valence-electron chi connectivity index (χ4n) is 2.60. The largest absolute Gasteiger partial charge is 0.353 e. The van der Waals surface area contributed by atoms with Crippen molar-refractivity contribution in [1.29, 1.82) is 0 Å². The Morgan fingerprint density at radius 2 is 2.04 bits per heavy atom. The van der Waals surface area contributed by atoms with E-state index in [1.165, 1.54) is 4.88 Å². The summed E-state index contributed by atoms with van der Waals surface area (Å²) in [6, 6.07) is 10.3. The van der Waals surface area contributed by atoms with Crippen LogP contribution in [0.4, 0.5) is 5.82 Å². The standard InChI is InChI=1S/C16H21N5S.HI/c1-17-16(19-13-14-5-4-12-22-14)21-10-8-20(9-11-21)15-6-2-3-7-18-15;/h2-7,12H,8-11,13H2,1H3,(H,17,19);1H. The summed E-state index contributed by atoms with van der Waals surface area (Å²) in [6.45, 7) is 4.69. The normalized spacial score (nSPS) is 15.3. The molecule has 1 fully saturated rings. The summed E-state index contributed by atoms with van der Waals surface area (Å²) >= 11 is 1.77. The lowest BCUT2D eigenvalue weighted by Gasteiger charge is -2.37. The van der Waals surface area contributed by atoms with Crippen LogP contribution < -0.4 is 10.2 Å². The molecule has 0 saturated carbocycles. The third-order valence-electron chi connectivity index (χ3n) is 3.77. The molecule has 0 amide bonds. The summed E-state index contributed by atoms with van der Waals surface area (Å²) in [4.78, 5) is 14.8. The minimum atomic E-state index is 0. The minimum absolute atomic E-state index is 0. The van der Waals surface area contributed by atoms with Gasteiger partial charge in [0.2, 0.25) is 0 Å². The van der Waals surface area contributed by atoms with Gasteiger partial charge < -0.3 is 15.1 Å². The van der Waals surface area contributed by atoms with Gasteiger partial charge >= 0.3 is 0 Å². The molecule has 3 heterocycles. The number of hydrogen-bond acceptors (Lipinski definition) is 4. The minimum Gasteiger partial charge on any atom is -0.353 e. The molecule has 0 spiro atoms. The lowest BCUT2D eigenvalue weighted by atomic mass is 10.3. The molecule has 1 aliphatic rings. The third kappa shape index (κ3) is 4.81. The summed E-state index contributed by atoms with van der Waals surface area (Å²) in [5, 5.41) is 5.55. The number of halogens is 1. The van der Waals surface area contributed by atoms with Crippen LogP contribution in [0.3, 0.4) is 0 Å². The van der Waals surface area contributed by atoms with E-state index in [2.05, 4.69) is 48.7 Å². The molecule has 1 N–H and O–H groups in total. The van der Waals surface area contributed by atoms with Gasteiger partial charge in [-0.25, -0.2) is 4.98 Å². The van der Waals surface area contributed by atoms with E-state index >= 15 is 0 Å². The maximum atomic E-state index is 4.43. The monoisotopic (exact) mass is 443 g/mol. The maximum Gasteiger partial charge on any atom is 0.194 e. The second-order valence-corrected chi connectivity index (χ2v) is 6.17. The molecule has 2 aromatic heterocycles. The second-order valence-electron chi connectivity index (χ2n) is 5.14. The quantitative estimate of drug-likeness (QED) is 0.450. The highest BCUT2D eigenvalue weighted by Gasteiger charge is 2.20. The van der Waals surface area contributed by atoms with Crippen molar-refractivity contribution in [2.45, 2.75) is 6.54 Å². The van der Waals surface area contributed by atoms with E-state index in [0.29, 0.717) is 0 Å². The fourth-order valence-corrected chi connectivity index (χ4v) is 3.24. The molecule has 7 heteroatoms. The Bertz CT molecular complexity index is 594. The molecule has 124 valence electrons. The van der Waals surface area contributed by atoms with Crippen molar-refractivity contribution in [3.63, 3.8) is 0 Å². The number of aromatic nitrogens is 1. The number of rotatable bonds is 3. The van der Waals surface area contributed by atoms with E-state index in [4.69, 9.17) is 0 Å². The van der Waals surface area contributed by atoms with Crippen molar-refractivity contribution in [2.75, 3.05) is 38.1 Å². The molecular weight excluding hydrogens is 421 g/mol. The molecule has 5 nitrogen and oxygen atoms in total. The van der Waals surface area contributed by atoms with Crippen LogP contribution in [0.2, 0.25) is 0 Å². The highest BCUT2D eigenvalue weighted by atomic mass is 127. The molecule has 3 rings (SSSR count). The van der Waals surface area contributed by atoms with E-state index < -0.39 is 0 Å². The number of nitrogens with one attached hydrogen (secondary N) is 1. The van der Waals surface area contributed by atoms with Crippen LogP contribution in [0.25, 0.3) is 0 Å². The first-order valence-corrected chi connectivity index (χ1v) is 8.39. The molecule has 0 unspecified atom stereocenters. The molecule has 0 radical (unpaired) electrons. The Hall–Kier alpha value is -1.35. The van der Waals surface area contributed by atoms with Gasteiger partial charge in [-0.3, -0.25) is 4.99 Å². The molecule has 0 atom stereocenters. The van der Waals surface area contributed by atoms with Crippen molar-refractivity contribution in [3.8, 4) is 0 Å². The molecule has 23 heavy (non-hydrogen) atoms. The van der Waals surface area contributed by atoms with Crippen LogP contribution in [0.5, 0.6) is 0 Å². The van der Waals surface area contributed by atoms with Crippen LogP contribution in [-0.2, 0) is 6.54 Å². The average molecular weight is 443 g/mol. The number of guanidine groups is 1. The molecular formula is C16H22IN5S. The lowest BCUT2D eigenvalue weighted by Crippen LogP contribution is -2.52. The number of thiophene rings is 1. The number of hydrogen-bond donors (Lipinski definition) is 1. The predicted octanol–water partition coefficient (Wildman–Crippen LogP) is 2.66. The second kappa shape index (κ2) is 9.07. The van der Waals surface area contributed by atoms with Gasteiger partial charge in [-0.05, 0) is 23.6 Å². The summed E-state index contributed by atoms with van der Waals surface area (Å²) in [5.41, 5.74) is 0. The average Bonchev–Trinajstić information content (AvgIpc) is 3.10. The van der Waals surface area contributed by atoms with Crippen LogP contribution in [0.15, 0.2) is 46.9 Å². The summed E-state index contributed by atoms with van der Waals surface area (Å²) in [7, 11) is 1.85. The van der Waals surface area contributed by atoms with E-state index in [1.54, 1.807) is 11.3 Å². The van der Waals surface area contributed by atoms with Gasteiger partial charge in [0.05, 0.1) is 6.54 Å². The SMILES string of the molecule is CN=C(NCc1cccs1)N1CCN(c2ccccn2)CC1.I. The number of pyridine rings is 1. The zero-order valence-corrected chi connectivity index (χ0v) is 16.3. The highest BCUT2D eigenvalue weighted by Crippen LogP contribution is 2.13. The Morgan fingerprint density at radius 1 is 1.22 bits per heavy atom. The van der Waals surface area contributed by atoms with Crippen LogP contribution in [0, 0.1) is 0 Å². The molecule has 2 aromatic rings. The predicted molar refractivity (Wildman–Crippen MR) is 108 cm³/mol. The molecule has 0 aliphatic carbocycles. The lowest BCUT2D eigenvalue weighted by molar-refractivity contribution is 0.371. The Labute approximate surface area is 158 Å². The summed E-state index contributed by atoms with van der Waals surface area (Å²) < 4.78 is 0. The summed E-state index contributed by atoms with van der Waals surface area (Å²) in [6.07, 6.45) is 1.85.